The van der Waals surface area contributed by atoms with Gasteiger partial charge in [0.1, 0.15) is 0 Å². The Morgan fingerprint density at radius 3 is 2.84 bits per heavy atom. The molecule has 1 aliphatic carbocycles. The first kappa shape index (κ1) is 20.4. The van der Waals surface area contributed by atoms with Gasteiger partial charge in [-0.2, -0.15) is 4.98 Å². The van der Waals surface area contributed by atoms with E-state index in [1.807, 2.05) is 48.6 Å². The largest absolute Gasteiger partial charge is 0.367 e. The normalized spacial score (nSPS) is 17.0. The molecule has 0 spiro atoms. The number of hydrogen-bond donors (Lipinski definition) is 2. The van der Waals surface area contributed by atoms with Crippen molar-refractivity contribution in [3.05, 3.63) is 71.9 Å². The summed E-state index contributed by atoms with van der Waals surface area (Å²) in [5.41, 5.74) is 1.69. The maximum atomic E-state index is 12.1. The Morgan fingerprint density at radius 1 is 1.10 bits per heavy atom. The molecule has 0 radical (unpaired) electrons. The fraction of sp³-hybridized carbons (Fsp3) is 0.273. The van der Waals surface area contributed by atoms with Gasteiger partial charge in [0.25, 0.3) is 5.91 Å². The molecule has 1 aromatic carbocycles. The molecule has 31 heavy (non-hydrogen) atoms. The second-order valence-electron chi connectivity index (χ2n) is 7.07. The molecule has 0 bridgehead atoms. The van der Waals surface area contributed by atoms with Gasteiger partial charge in [0.05, 0.1) is 5.92 Å². The minimum absolute atomic E-state index is 0.0546. The number of allylic oxidation sites excluding steroid dienone is 3. The molecule has 0 fully saturated rings. The van der Waals surface area contributed by atoms with Gasteiger partial charge in [-0.05, 0) is 6.42 Å². The Morgan fingerprint density at radius 2 is 1.97 bits per heavy atom. The van der Waals surface area contributed by atoms with E-state index in [1.165, 1.54) is 0 Å². The predicted molar refractivity (Wildman–Crippen MR) is 112 cm³/mol. The van der Waals surface area contributed by atoms with Crippen LogP contribution in [0, 0.1) is 5.92 Å². The quantitative estimate of drug-likeness (QED) is 0.604. The van der Waals surface area contributed by atoms with Gasteiger partial charge in [0.2, 0.25) is 17.6 Å². The molecular formula is C22H22N6O3. The van der Waals surface area contributed by atoms with E-state index in [4.69, 9.17) is 4.52 Å². The van der Waals surface area contributed by atoms with E-state index in [0.29, 0.717) is 49.9 Å². The van der Waals surface area contributed by atoms with E-state index in [-0.39, 0.29) is 17.7 Å². The summed E-state index contributed by atoms with van der Waals surface area (Å²) in [5, 5.41) is 17.6. The number of nitrogens with one attached hydrogen (secondary N) is 2. The van der Waals surface area contributed by atoms with Crippen LogP contribution in [0.5, 0.6) is 0 Å². The molecule has 1 unspecified atom stereocenters. The van der Waals surface area contributed by atoms with Gasteiger partial charge in [-0.1, -0.05) is 59.8 Å². The minimum Gasteiger partial charge on any atom is -0.367 e. The van der Waals surface area contributed by atoms with Gasteiger partial charge in [0, 0.05) is 37.1 Å². The van der Waals surface area contributed by atoms with E-state index in [1.54, 1.807) is 6.08 Å². The Balaban J connectivity index is 1.16. The Hall–Kier alpha value is -3.88. The number of carbonyl (C=O) groups excluding carboxylic acids is 2. The van der Waals surface area contributed by atoms with E-state index < -0.39 is 0 Å². The van der Waals surface area contributed by atoms with Gasteiger partial charge < -0.3 is 15.2 Å². The summed E-state index contributed by atoms with van der Waals surface area (Å²) >= 11 is 0. The van der Waals surface area contributed by atoms with Crippen LogP contribution in [-0.4, -0.2) is 35.0 Å². The van der Waals surface area contributed by atoms with Gasteiger partial charge in [0.15, 0.2) is 5.82 Å². The molecule has 1 aromatic heterocycles. The topological polar surface area (TPSA) is 122 Å². The Bertz CT molecular complexity index is 1070. The number of azo groups is 1. The zero-order chi connectivity index (χ0) is 21.5. The fourth-order valence-corrected chi connectivity index (χ4v) is 3.27. The smallest absolute Gasteiger partial charge is 0.276 e. The number of fused-ring (bicyclic) bond motifs is 1. The molecule has 158 valence electrons. The van der Waals surface area contributed by atoms with Gasteiger partial charge in [-0.3, -0.25) is 9.59 Å². The molecule has 0 saturated carbocycles. The minimum atomic E-state index is -0.383. The number of nitrogens with zero attached hydrogens (tertiary/aromatic N) is 4. The Kier molecular flexibility index (Phi) is 6.41. The van der Waals surface area contributed by atoms with Crippen LogP contribution in [0.4, 0.5) is 0 Å². The molecule has 2 amide bonds. The highest BCUT2D eigenvalue weighted by atomic mass is 16.5. The number of hydrogen-bond acceptors (Lipinski definition) is 7. The van der Waals surface area contributed by atoms with Crippen molar-refractivity contribution >= 4 is 11.8 Å². The maximum Gasteiger partial charge on any atom is 0.276 e. The summed E-state index contributed by atoms with van der Waals surface area (Å²) in [4.78, 5) is 28.2. The molecule has 9 nitrogen and oxygen atoms in total. The third-order valence-corrected chi connectivity index (χ3v) is 4.85. The van der Waals surface area contributed by atoms with E-state index in [0.717, 1.165) is 11.1 Å². The molecule has 1 atom stereocenters. The van der Waals surface area contributed by atoms with Gasteiger partial charge in [-0.25, -0.2) is 0 Å². The molecule has 2 aliphatic rings. The van der Waals surface area contributed by atoms with Crippen molar-refractivity contribution < 1.29 is 14.1 Å². The third-order valence-electron chi connectivity index (χ3n) is 4.85. The number of benzene rings is 1. The number of rotatable bonds is 9. The summed E-state index contributed by atoms with van der Waals surface area (Å²) in [5.74, 6) is 0.918. The highest BCUT2D eigenvalue weighted by Crippen LogP contribution is 2.27. The average molecular weight is 418 g/mol. The molecule has 4 rings (SSSR count). The average Bonchev–Trinajstić information content (AvgIpc) is 3.28. The second-order valence-corrected chi connectivity index (χ2v) is 7.07. The summed E-state index contributed by atoms with van der Waals surface area (Å²) in [6.45, 7) is 0.911. The van der Waals surface area contributed by atoms with Crippen molar-refractivity contribution in [3.63, 3.8) is 0 Å². The van der Waals surface area contributed by atoms with Crippen LogP contribution in [0.2, 0.25) is 0 Å². The van der Waals surface area contributed by atoms with Crippen LogP contribution in [-0.2, 0) is 16.0 Å². The first-order valence-corrected chi connectivity index (χ1v) is 10.1. The predicted octanol–water partition coefficient (Wildman–Crippen LogP) is 2.71. The SMILES string of the molecule is O=C(CCCc1nc(-c2ccccc2)no1)NCCNC1=C2C=CC=CC2C(=O)N=N1. The molecular weight excluding hydrogens is 396 g/mol. The number of amides is 2. The van der Waals surface area contributed by atoms with Gasteiger partial charge >= 0.3 is 0 Å². The summed E-state index contributed by atoms with van der Waals surface area (Å²) in [7, 11) is 0. The second kappa shape index (κ2) is 9.75. The van der Waals surface area contributed by atoms with Crippen molar-refractivity contribution in [3.8, 4) is 11.4 Å². The third kappa shape index (κ3) is 5.19. The highest BCUT2D eigenvalue weighted by molar-refractivity contribution is 5.86. The number of aromatic nitrogens is 2. The zero-order valence-electron chi connectivity index (χ0n) is 16.8. The zero-order valence-corrected chi connectivity index (χ0v) is 16.8. The van der Waals surface area contributed by atoms with Crippen LogP contribution >= 0.6 is 0 Å². The summed E-state index contributed by atoms with van der Waals surface area (Å²) in [6.07, 6.45) is 8.84. The summed E-state index contributed by atoms with van der Waals surface area (Å²) < 4.78 is 5.26. The van der Waals surface area contributed by atoms with Crippen molar-refractivity contribution in [1.29, 1.82) is 0 Å². The van der Waals surface area contributed by atoms with Gasteiger partial charge in [-0.15, -0.1) is 10.2 Å². The number of aryl methyl sites for hydroxylation is 1. The first-order chi connectivity index (χ1) is 15.2. The van der Waals surface area contributed by atoms with Crippen molar-refractivity contribution in [1.82, 2.24) is 20.8 Å². The van der Waals surface area contributed by atoms with Crippen molar-refractivity contribution in [2.24, 2.45) is 16.1 Å². The molecule has 9 heteroatoms. The molecule has 2 N–H and O–H groups in total. The molecule has 0 saturated heterocycles. The monoisotopic (exact) mass is 418 g/mol. The lowest BCUT2D eigenvalue weighted by Gasteiger charge is -2.20. The van der Waals surface area contributed by atoms with Crippen LogP contribution in [0.25, 0.3) is 11.4 Å². The number of carbonyl (C=O) groups is 2. The lowest BCUT2D eigenvalue weighted by molar-refractivity contribution is -0.121. The van der Waals surface area contributed by atoms with Crippen LogP contribution in [0.3, 0.4) is 0 Å². The lowest BCUT2D eigenvalue weighted by Crippen LogP contribution is -2.32. The van der Waals surface area contributed by atoms with E-state index in [2.05, 4.69) is 31.0 Å². The standard InChI is InChI=1S/C22H22N6O3/c29-18(11-6-12-19-25-20(28-31-19)15-7-2-1-3-8-15)23-13-14-24-21-16-9-4-5-10-17(16)22(30)27-26-21/h1-5,7-10,17,24H,6,11-14H2,(H,23,29). The van der Waals surface area contributed by atoms with Crippen molar-refractivity contribution in [2.75, 3.05) is 13.1 Å². The van der Waals surface area contributed by atoms with Crippen LogP contribution in [0.1, 0.15) is 18.7 Å². The lowest BCUT2D eigenvalue weighted by atomic mass is 9.93. The molecule has 2 heterocycles. The van der Waals surface area contributed by atoms with Crippen LogP contribution < -0.4 is 10.6 Å². The van der Waals surface area contributed by atoms with Crippen molar-refractivity contribution in [2.45, 2.75) is 19.3 Å². The van der Waals surface area contributed by atoms with E-state index in [9.17, 15) is 9.59 Å². The van der Waals surface area contributed by atoms with Crippen LogP contribution in [0.15, 0.2) is 80.8 Å². The highest BCUT2D eigenvalue weighted by Gasteiger charge is 2.26. The molecule has 1 aliphatic heterocycles. The molecule has 2 aromatic rings. The van der Waals surface area contributed by atoms with E-state index >= 15 is 0 Å². The first-order valence-electron chi connectivity index (χ1n) is 10.1. The maximum absolute atomic E-state index is 12.1. The fourth-order valence-electron chi connectivity index (χ4n) is 3.27. The summed E-state index contributed by atoms with van der Waals surface area (Å²) in [6, 6.07) is 9.60. The Labute approximate surface area is 179 Å².